The molecule has 1 N–H and O–H groups in total. The molecule has 1 aliphatic rings. The first-order valence-electron chi connectivity index (χ1n) is 11.7. The van der Waals surface area contributed by atoms with E-state index in [0.29, 0.717) is 0 Å². The van der Waals surface area contributed by atoms with Gasteiger partial charge in [-0.2, -0.15) is 0 Å². The fourth-order valence-electron chi connectivity index (χ4n) is 4.47. The van der Waals surface area contributed by atoms with Crippen LogP contribution in [0.25, 0.3) is 22.4 Å². The van der Waals surface area contributed by atoms with Crippen molar-refractivity contribution in [2.24, 2.45) is 7.05 Å². The molecule has 0 unspecified atom stereocenters. The Labute approximate surface area is 195 Å². The van der Waals surface area contributed by atoms with E-state index in [4.69, 9.17) is 9.97 Å². The van der Waals surface area contributed by atoms with Crippen LogP contribution in [0.1, 0.15) is 37.9 Å². The van der Waals surface area contributed by atoms with Crippen molar-refractivity contribution in [1.29, 1.82) is 0 Å². The van der Waals surface area contributed by atoms with Crippen LogP contribution < -0.4 is 4.90 Å². The molecule has 7 nitrogen and oxygen atoms in total. The van der Waals surface area contributed by atoms with E-state index >= 15 is 0 Å². The quantitative estimate of drug-likeness (QED) is 0.510. The Hall–Kier alpha value is -3.19. The number of nitrogens with one attached hydrogen (secondary N) is 1. The second-order valence-corrected chi connectivity index (χ2v) is 10.1. The lowest BCUT2D eigenvalue weighted by Gasteiger charge is -2.35. The molecule has 1 aromatic carbocycles. The monoisotopic (exact) mass is 443 g/mol. The maximum Gasteiger partial charge on any atom is 0.156 e. The van der Waals surface area contributed by atoms with Gasteiger partial charge in [0.2, 0.25) is 0 Å². The Morgan fingerprint density at radius 3 is 2.33 bits per heavy atom. The lowest BCUT2D eigenvalue weighted by Crippen LogP contribution is -2.46. The summed E-state index contributed by atoms with van der Waals surface area (Å²) in [5, 5.41) is 0. The number of benzene rings is 1. The van der Waals surface area contributed by atoms with Crippen molar-refractivity contribution in [1.82, 2.24) is 29.4 Å². The molecule has 1 saturated heterocycles. The van der Waals surface area contributed by atoms with E-state index in [1.807, 2.05) is 26.2 Å². The molecule has 1 fully saturated rings. The van der Waals surface area contributed by atoms with Gasteiger partial charge in [0, 0.05) is 57.7 Å². The van der Waals surface area contributed by atoms with Gasteiger partial charge in [0.25, 0.3) is 0 Å². The minimum atomic E-state index is 0.140. The van der Waals surface area contributed by atoms with Gasteiger partial charge >= 0.3 is 0 Å². The molecular formula is C26H33N7. The van der Waals surface area contributed by atoms with Crippen molar-refractivity contribution in [3.05, 3.63) is 59.8 Å². The minimum absolute atomic E-state index is 0.140. The number of imidazole rings is 2. The third kappa shape index (κ3) is 4.37. The number of aromatic nitrogens is 5. The number of aryl methyl sites for hydroxylation is 2. The van der Waals surface area contributed by atoms with Crippen molar-refractivity contribution in [2.75, 3.05) is 31.1 Å². The van der Waals surface area contributed by atoms with E-state index in [9.17, 15) is 0 Å². The van der Waals surface area contributed by atoms with Gasteiger partial charge in [-0.15, -0.1) is 0 Å². The highest BCUT2D eigenvalue weighted by molar-refractivity contribution is 5.88. The van der Waals surface area contributed by atoms with Crippen LogP contribution in [0.15, 0.2) is 42.7 Å². The van der Waals surface area contributed by atoms with Gasteiger partial charge in [0.15, 0.2) is 5.82 Å². The average molecular weight is 444 g/mol. The fraction of sp³-hybridized carbons (Fsp3) is 0.423. The number of hydrogen-bond acceptors (Lipinski definition) is 5. The molecule has 0 bridgehead atoms. The summed E-state index contributed by atoms with van der Waals surface area (Å²) in [6, 6.07) is 10.7. The van der Waals surface area contributed by atoms with Crippen LogP contribution in [-0.2, 0) is 19.0 Å². The molecule has 0 saturated carbocycles. The van der Waals surface area contributed by atoms with Crippen LogP contribution in [-0.4, -0.2) is 55.6 Å². The first-order chi connectivity index (χ1) is 15.8. The number of aromatic amines is 1. The molecule has 0 radical (unpaired) electrons. The van der Waals surface area contributed by atoms with Gasteiger partial charge in [-0.1, -0.05) is 45.0 Å². The number of piperazine rings is 1. The van der Waals surface area contributed by atoms with Crippen LogP contribution in [0, 0.1) is 6.92 Å². The Kier molecular flexibility index (Phi) is 5.44. The topological polar surface area (TPSA) is 65.9 Å². The Bertz CT molecular complexity index is 1230. The summed E-state index contributed by atoms with van der Waals surface area (Å²) in [4.78, 5) is 22.7. The van der Waals surface area contributed by atoms with E-state index in [-0.39, 0.29) is 5.41 Å². The third-order valence-corrected chi connectivity index (χ3v) is 6.62. The number of nitrogens with zero attached hydrogens (tertiary/aromatic N) is 6. The molecule has 3 aromatic heterocycles. The average Bonchev–Trinajstić information content (AvgIpc) is 3.36. The highest BCUT2D eigenvalue weighted by Crippen LogP contribution is 2.29. The lowest BCUT2D eigenvalue weighted by atomic mass is 9.87. The normalized spacial score (nSPS) is 15.5. The van der Waals surface area contributed by atoms with Crippen LogP contribution in [0.3, 0.4) is 0 Å². The molecule has 4 aromatic rings. The van der Waals surface area contributed by atoms with Crippen LogP contribution >= 0.6 is 0 Å². The zero-order chi connectivity index (χ0) is 23.2. The van der Waals surface area contributed by atoms with Crippen molar-refractivity contribution < 1.29 is 0 Å². The number of hydrogen-bond donors (Lipinski definition) is 1. The first-order valence-corrected chi connectivity index (χ1v) is 11.7. The van der Waals surface area contributed by atoms with Crippen LogP contribution in [0.5, 0.6) is 0 Å². The SMILES string of the molecule is Cc1nc(CN2CCN(c3nccc4[nH]c(-c5ccc(C(C)(C)C)cc5)nc34)CC2)cn1C. The summed E-state index contributed by atoms with van der Waals surface area (Å²) in [5.41, 5.74) is 5.67. The zero-order valence-corrected chi connectivity index (χ0v) is 20.3. The minimum Gasteiger partial charge on any atom is -0.352 e. The number of anilines is 1. The highest BCUT2D eigenvalue weighted by Gasteiger charge is 2.22. The molecule has 0 amide bonds. The van der Waals surface area contributed by atoms with E-state index in [2.05, 4.69) is 75.6 Å². The highest BCUT2D eigenvalue weighted by atomic mass is 15.3. The molecule has 172 valence electrons. The van der Waals surface area contributed by atoms with Gasteiger partial charge < -0.3 is 14.5 Å². The Morgan fingerprint density at radius 2 is 1.70 bits per heavy atom. The summed E-state index contributed by atoms with van der Waals surface area (Å²) in [5.74, 6) is 2.92. The van der Waals surface area contributed by atoms with Crippen LogP contribution in [0.4, 0.5) is 5.82 Å². The van der Waals surface area contributed by atoms with E-state index < -0.39 is 0 Å². The molecular weight excluding hydrogens is 410 g/mol. The van der Waals surface area contributed by atoms with E-state index in [1.165, 1.54) is 5.56 Å². The van der Waals surface area contributed by atoms with Gasteiger partial charge in [-0.05, 0) is 24.0 Å². The van der Waals surface area contributed by atoms with Gasteiger partial charge in [0.05, 0.1) is 11.2 Å². The number of fused-ring (bicyclic) bond motifs is 1. The number of H-pyrrole nitrogens is 1. The summed E-state index contributed by atoms with van der Waals surface area (Å²) in [7, 11) is 2.05. The van der Waals surface area contributed by atoms with Crippen molar-refractivity contribution in [3.8, 4) is 11.4 Å². The molecule has 0 spiro atoms. The summed E-state index contributed by atoms with van der Waals surface area (Å²) >= 11 is 0. The standard InChI is InChI=1S/C26H33N7/c1-18-28-21(16-31(18)5)17-32-12-14-33(15-13-32)25-23-22(10-11-27-25)29-24(30-23)19-6-8-20(9-7-19)26(2,3)4/h6-11,16H,12-15,17H2,1-5H3,(H,29,30). The molecule has 4 heterocycles. The zero-order valence-electron chi connectivity index (χ0n) is 20.3. The molecule has 5 rings (SSSR count). The smallest absolute Gasteiger partial charge is 0.156 e. The van der Waals surface area contributed by atoms with Gasteiger partial charge in [0.1, 0.15) is 17.2 Å². The largest absolute Gasteiger partial charge is 0.352 e. The summed E-state index contributed by atoms with van der Waals surface area (Å²) < 4.78 is 2.09. The molecule has 7 heteroatoms. The number of rotatable bonds is 4. The summed E-state index contributed by atoms with van der Waals surface area (Å²) in [6.07, 6.45) is 4.01. The lowest BCUT2D eigenvalue weighted by molar-refractivity contribution is 0.247. The molecule has 1 aliphatic heterocycles. The van der Waals surface area contributed by atoms with Gasteiger partial charge in [-0.25, -0.2) is 15.0 Å². The molecule has 33 heavy (non-hydrogen) atoms. The second-order valence-electron chi connectivity index (χ2n) is 10.1. The second kappa shape index (κ2) is 8.30. The maximum atomic E-state index is 4.96. The fourth-order valence-corrected chi connectivity index (χ4v) is 4.47. The summed E-state index contributed by atoms with van der Waals surface area (Å²) in [6.45, 7) is 13.5. The van der Waals surface area contributed by atoms with E-state index in [0.717, 1.165) is 72.5 Å². The third-order valence-electron chi connectivity index (χ3n) is 6.62. The Morgan fingerprint density at radius 1 is 0.970 bits per heavy atom. The molecule has 0 aliphatic carbocycles. The van der Waals surface area contributed by atoms with Gasteiger partial charge in [-0.3, -0.25) is 4.90 Å². The number of pyridine rings is 1. The predicted octanol–water partition coefficient (Wildman–Crippen LogP) is 4.29. The predicted molar refractivity (Wildman–Crippen MR) is 133 cm³/mol. The van der Waals surface area contributed by atoms with Crippen LogP contribution in [0.2, 0.25) is 0 Å². The maximum absolute atomic E-state index is 4.96. The van der Waals surface area contributed by atoms with E-state index in [1.54, 1.807) is 0 Å². The van der Waals surface area contributed by atoms with Crippen molar-refractivity contribution in [2.45, 2.75) is 39.7 Å². The van der Waals surface area contributed by atoms with Crippen molar-refractivity contribution in [3.63, 3.8) is 0 Å². The first kappa shape index (κ1) is 21.6. The molecule has 0 atom stereocenters. The van der Waals surface area contributed by atoms with Crippen molar-refractivity contribution >= 4 is 16.9 Å². The Balaban J connectivity index is 1.33.